The fraction of sp³-hybridized carbons (Fsp3) is 0.846. The highest BCUT2D eigenvalue weighted by Crippen LogP contribution is 2.32. The summed E-state index contributed by atoms with van der Waals surface area (Å²) < 4.78 is 5.42. The Morgan fingerprint density at radius 1 is 1.29 bits per heavy atom. The summed E-state index contributed by atoms with van der Waals surface area (Å²) in [6.07, 6.45) is 4.39. The van der Waals surface area contributed by atoms with E-state index in [-0.39, 0.29) is 23.9 Å². The van der Waals surface area contributed by atoms with E-state index in [1.165, 1.54) is 0 Å². The quantitative estimate of drug-likeness (QED) is 0.727. The molecule has 0 spiro atoms. The van der Waals surface area contributed by atoms with Crippen LogP contribution in [0.3, 0.4) is 0 Å². The van der Waals surface area contributed by atoms with Gasteiger partial charge in [0.05, 0.1) is 11.8 Å². The van der Waals surface area contributed by atoms with Crippen LogP contribution in [0.2, 0.25) is 0 Å². The van der Waals surface area contributed by atoms with E-state index in [4.69, 9.17) is 9.84 Å². The molecule has 4 nitrogen and oxygen atoms in total. The summed E-state index contributed by atoms with van der Waals surface area (Å²) in [5.41, 5.74) is 0. The summed E-state index contributed by atoms with van der Waals surface area (Å²) in [5, 5.41) is 8.87. The maximum absolute atomic E-state index is 11.8. The first kappa shape index (κ1) is 14.0. The number of carboxylic acid groups (broad SMARTS) is 1. The molecule has 0 aliphatic heterocycles. The molecule has 0 amide bonds. The maximum Gasteiger partial charge on any atom is 0.309 e. The third-order valence-corrected chi connectivity index (χ3v) is 3.46. The second-order valence-electron chi connectivity index (χ2n) is 4.80. The molecule has 0 aromatic heterocycles. The number of hydrogen-bond donors (Lipinski definition) is 1. The monoisotopic (exact) mass is 242 g/mol. The van der Waals surface area contributed by atoms with E-state index in [2.05, 4.69) is 6.92 Å². The Morgan fingerprint density at radius 2 is 1.94 bits per heavy atom. The Bertz CT molecular complexity index is 275. The third kappa shape index (κ3) is 4.02. The van der Waals surface area contributed by atoms with Gasteiger partial charge in [-0.3, -0.25) is 9.59 Å². The van der Waals surface area contributed by atoms with Gasteiger partial charge in [0.2, 0.25) is 0 Å². The molecule has 0 aromatic rings. The van der Waals surface area contributed by atoms with Gasteiger partial charge in [0.15, 0.2) is 0 Å². The molecule has 0 radical (unpaired) electrons. The first-order valence-corrected chi connectivity index (χ1v) is 6.51. The number of rotatable bonds is 6. The summed E-state index contributed by atoms with van der Waals surface area (Å²) >= 11 is 0. The summed E-state index contributed by atoms with van der Waals surface area (Å²) in [5.74, 6) is -1.56. The van der Waals surface area contributed by atoms with Crippen LogP contribution in [-0.4, -0.2) is 23.1 Å². The van der Waals surface area contributed by atoms with Crippen LogP contribution in [0.1, 0.15) is 52.4 Å². The van der Waals surface area contributed by atoms with E-state index in [0.717, 1.165) is 19.3 Å². The largest absolute Gasteiger partial charge is 0.481 e. The van der Waals surface area contributed by atoms with Gasteiger partial charge in [-0.25, -0.2) is 0 Å². The minimum Gasteiger partial charge on any atom is -0.481 e. The van der Waals surface area contributed by atoms with Crippen molar-refractivity contribution in [1.82, 2.24) is 0 Å². The Kier molecular flexibility index (Phi) is 5.45. The van der Waals surface area contributed by atoms with Gasteiger partial charge in [0.1, 0.15) is 6.10 Å². The molecule has 1 saturated carbocycles. The lowest BCUT2D eigenvalue weighted by atomic mass is 10.1. The van der Waals surface area contributed by atoms with E-state index < -0.39 is 5.97 Å². The molecule has 1 aliphatic rings. The molecule has 0 aromatic carbocycles. The molecule has 1 N–H and O–H groups in total. The topological polar surface area (TPSA) is 63.6 Å². The van der Waals surface area contributed by atoms with Crippen LogP contribution in [0.5, 0.6) is 0 Å². The summed E-state index contributed by atoms with van der Waals surface area (Å²) in [6, 6.07) is 0. The lowest BCUT2D eigenvalue weighted by Crippen LogP contribution is -2.23. The highest BCUT2D eigenvalue weighted by Gasteiger charge is 2.35. The molecule has 3 unspecified atom stereocenters. The lowest BCUT2D eigenvalue weighted by molar-refractivity contribution is -0.154. The molecule has 1 rings (SSSR count). The third-order valence-electron chi connectivity index (χ3n) is 3.46. The molecular formula is C13H22O4. The number of aliphatic carboxylic acids is 1. The van der Waals surface area contributed by atoms with E-state index >= 15 is 0 Å². The van der Waals surface area contributed by atoms with Crippen molar-refractivity contribution in [3.63, 3.8) is 0 Å². The van der Waals surface area contributed by atoms with Crippen LogP contribution in [0, 0.1) is 11.8 Å². The molecule has 0 bridgehead atoms. The first-order valence-electron chi connectivity index (χ1n) is 6.51. The Balaban J connectivity index is 2.41. The predicted molar refractivity (Wildman–Crippen MR) is 63.5 cm³/mol. The van der Waals surface area contributed by atoms with Crippen molar-refractivity contribution in [2.75, 3.05) is 0 Å². The van der Waals surface area contributed by atoms with Gasteiger partial charge < -0.3 is 9.84 Å². The number of carboxylic acids is 1. The molecule has 17 heavy (non-hydrogen) atoms. The van der Waals surface area contributed by atoms with E-state index in [1.54, 1.807) is 0 Å². The van der Waals surface area contributed by atoms with Crippen LogP contribution < -0.4 is 0 Å². The standard InChI is InChI=1S/C13H22O4/c1-3-5-11(4-2)17-13(16)10-7-6-9(8-10)12(14)15/h9-11H,3-8H2,1-2H3,(H,14,15). The van der Waals surface area contributed by atoms with E-state index in [9.17, 15) is 9.59 Å². The van der Waals surface area contributed by atoms with Gasteiger partial charge in [-0.2, -0.15) is 0 Å². The van der Waals surface area contributed by atoms with Crippen LogP contribution in [0.15, 0.2) is 0 Å². The second-order valence-corrected chi connectivity index (χ2v) is 4.80. The first-order chi connectivity index (χ1) is 8.08. The van der Waals surface area contributed by atoms with Gasteiger partial charge in [0, 0.05) is 0 Å². The van der Waals surface area contributed by atoms with Gasteiger partial charge in [-0.05, 0) is 32.1 Å². The normalized spacial score (nSPS) is 25.5. The number of esters is 1. The average molecular weight is 242 g/mol. The highest BCUT2D eigenvalue weighted by molar-refractivity contribution is 5.76. The zero-order chi connectivity index (χ0) is 12.8. The average Bonchev–Trinajstić information content (AvgIpc) is 2.77. The molecule has 3 atom stereocenters. The molecule has 4 heteroatoms. The summed E-state index contributed by atoms with van der Waals surface area (Å²) in [6.45, 7) is 4.06. The SMILES string of the molecule is CCCC(CC)OC(=O)C1CCC(C(=O)O)C1. The van der Waals surface area contributed by atoms with Crippen LogP contribution >= 0.6 is 0 Å². The van der Waals surface area contributed by atoms with E-state index in [1.807, 2.05) is 6.92 Å². The molecule has 0 heterocycles. The van der Waals surface area contributed by atoms with Crippen molar-refractivity contribution >= 4 is 11.9 Å². The number of carbonyl (C=O) groups is 2. The van der Waals surface area contributed by atoms with Crippen molar-refractivity contribution in [2.24, 2.45) is 11.8 Å². The molecule has 1 aliphatic carbocycles. The van der Waals surface area contributed by atoms with E-state index in [0.29, 0.717) is 19.3 Å². The highest BCUT2D eigenvalue weighted by atomic mass is 16.5. The minimum atomic E-state index is -0.791. The number of ether oxygens (including phenoxy) is 1. The van der Waals surface area contributed by atoms with Crippen LogP contribution in [-0.2, 0) is 14.3 Å². The molecule has 0 saturated heterocycles. The van der Waals surface area contributed by atoms with Crippen LogP contribution in [0.4, 0.5) is 0 Å². The van der Waals surface area contributed by atoms with Crippen molar-refractivity contribution in [3.8, 4) is 0 Å². The smallest absolute Gasteiger partial charge is 0.309 e. The number of hydrogen-bond acceptors (Lipinski definition) is 3. The summed E-state index contributed by atoms with van der Waals surface area (Å²) in [4.78, 5) is 22.6. The van der Waals surface area contributed by atoms with Crippen molar-refractivity contribution in [1.29, 1.82) is 0 Å². The Labute approximate surface area is 102 Å². The second kappa shape index (κ2) is 6.62. The van der Waals surface area contributed by atoms with Gasteiger partial charge in [-0.1, -0.05) is 20.3 Å². The molecule has 1 fully saturated rings. The Morgan fingerprint density at radius 3 is 2.41 bits per heavy atom. The van der Waals surface area contributed by atoms with Crippen molar-refractivity contribution in [2.45, 2.75) is 58.5 Å². The minimum absolute atomic E-state index is 0.00335. The molecular weight excluding hydrogens is 220 g/mol. The van der Waals surface area contributed by atoms with Gasteiger partial charge >= 0.3 is 11.9 Å². The number of carbonyl (C=O) groups excluding carboxylic acids is 1. The zero-order valence-corrected chi connectivity index (χ0v) is 10.6. The zero-order valence-electron chi connectivity index (χ0n) is 10.6. The summed E-state index contributed by atoms with van der Waals surface area (Å²) in [7, 11) is 0. The van der Waals surface area contributed by atoms with Gasteiger partial charge in [0.25, 0.3) is 0 Å². The fourth-order valence-corrected chi connectivity index (χ4v) is 2.35. The fourth-order valence-electron chi connectivity index (χ4n) is 2.35. The maximum atomic E-state index is 11.8. The lowest BCUT2D eigenvalue weighted by Gasteiger charge is -2.18. The van der Waals surface area contributed by atoms with Crippen molar-refractivity contribution < 1.29 is 19.4 Å². The van der Waals surface area contributed by atoms with Crippen LogP contribution in [0.25, 0.3) is 0 Å². The predicted octanol–water partition coefficient (Wildman–Crippen LogP) is 2.61. The van der Waals surface area contributed by atoms with Crippen molar-refractivity contribution in [3.05, 3.63) is 0 Å². The Hall–Kier alpha value is -1.06. The van der Waals surface area contributed by atoms with Gasteiger partial charge in [-0.15, -0.1) is 0 Å². The molecule has 98 valence electrons.